The van der Waals surface area contributed by atoms with Gasteiger partial charge in [-0.25, -0.2) is 9.59 Å². The fourth-order valence-corrected chi connectivity index (χ4v) is 1.80. The van der Waals surface area contributed by atoms with Crippen LogP contribution in [0.15, 0.2) is 12.1 Å². The highest BCUT2D eigenvalue weighted by Crippen LogP contribution is 2.32. The van der Waals surface area contributed by atoms with E-state index in [9.17, 15) is 24.8 Å². The average Bonchev–Trinajstić information content (AvgIpc) is 2.33. The molecule has 8 heteroatoms. The second-order valence-electron chi connectivity index (χ2n) is 7.11. The van der Waals surface area contributed by atoms with Gasteiger partial charge >= 0.3 is 11.9 Å². The quantitative estimate of drug-likeness (QED) is 0.510. The number of phenolic OH excluding ortho intramolecular Hbond substituents is 1. The Morgan fingerprint density at radius 1 is 0.958 bits per heavy atom. The zero-order chi connectivity index (χ0) is 18.9. The Morgan fingerprint density at radius 2 is 1.38 bits per heavy atom. The molecular weight excluding hydrogens is 318 g/mol. The van der Waals surface area contributed by atoms with Crippen LogP contribution in [0.4, 0.5) is 5.69 Å². The van der Waals surface area contributed by atoms with Crippen LogP contribution in [-0.4, -0.2) is 33.2 Å². The van der Waals surface area contributed by atoms with Crippen molar-refractivity contribution < 1.29 is 29.1 Å². The van der Waals surface area contributed by atoms with E-state index in [1.54, 1.807) is 41.5 Å². The molecule has 1 aromatic rings. The number of esters is 2. The number of hydrogen-bond donors (Lipinski definition) is 1. The summed E-state index contributed by atoms with van der Waals surface area (Å²) < 4.78 is 10.3. The van der Waals surface area contributed by atoms with Crippen molar-refractivity contribution in [3.63, 3.8) is 0 Å². The van der Waals surface area contributed by atoms with E-state index in [4.69, 9.17) is 9.47 Å². The maximum absolute atomic E-state index is 12.4. The van der Waals surface area contributed by atoms with E-state index < -0.39 is 50.6 Å². The van der Waals surface area contributed by atoms with Gasteiger partial charge in [-0.2, -0.15) is 0 Å². The number of benzene rings is 1. The van der Waals surface area contributed by atoms with E-state index in [2.05, 4.69) is 0 Å². The number of ether oxygens (including phenoxy) is 2. The van der Waals surface area contributed by atoms with Crippen LogP contribution in [0.3, 0.4) is 0 Å². The minimum atomic E-state index is -1.09. The molecule has 0 aliphatic rings. The molecule has 0 amide bonds. The Balaban J connectivity index is 3.57. The molecule has 0 heterocycles. The van der Waals surface area contributed by atoms with Crippen LogP contribution in [-0.2, 0) is 9.47 Å². The average molecular weight is 339 g/mol. The molecular formula is C16H21NO7. The first kappa shape index (κ1) is 19.4. The molecule has 0 saturated carbocycles. The number of carbonyl (C=O) groups excluding carboxylic acids is 2. The first-order valence-corrected chi connectivity index (χ1v) is 7.20. The highest BCUT2D eigenvalue weighted by Gasteiger charge is 2.35. The van der Waals surface area contributed by atoms with Crippen molar-refractivity contribution in [1.29, 1.82) is 0 Å². The summed E-state index contributed by atoms with van der Waals surface area (Å²) in [5, 5.41) is 21.2. The summed E-state index contributed by atoms with van der Waals surface area (Å²) in [4.78, 5) is 35.1. The van der Waals surface area contributed by atoms with Crippen LogP contribution in [0.1, 0.15) is 62.3 Å². The molecule has 0 fully saturated rings. The van der Waals surface area contributed by atoms with Gasteiger partial charge in [-0.1, -0.05) is 0 Å². The Kier molecular flexibility index (Phi) is 5.23. The number of rotatable bonds is 3. The summed E-state index contributed by atoms with van der Waals surface area (Å²) in [5.41, 5.74) is -3.73. The third kappa shape index (κ3) is 4.94. The van der Waals surface area contributed by atoms with Gasteiger partial charge in [0, 0.05) is 6.07 Å². The number of phenols is 1. The van der Waals surface area contributed by atoms with E-state index in [0.717, 1.165) is 12.1 Å². The molecule has 0 aromatic heterocycles. The highest BCUT2D eigenvalue weighted by molar-refractivity contribution is 6.08. The molecule has 132 valence electrons. The van der Waals surface area contributed by atoms with E-state index in [-0.39, 0.29) is 0 Å². The molecule has 0 unspecified atom stereocenters. The van der Waals surface area contributed by atoms with Crippen LogP contribution in [0.25, 0.3) is 0 Å². The predicted molar refractivity (Wildman–Crippen MR) is 85.1 cm³/mol. The zero-order valence-electron chi connectivity index (χ0n) is 14.5. The Hall–Kier alpha value is -2.64. The van der Waals surface area contributed by atoms with E-state index in [1.807, 2.05) is 0 Å². The maximum Gasteiger partial charge on any atom is 0.346 e. The molecule has 1 rings (SSSR count). The number of aromatic hydroxyl groups is 1. The second kappa shape index (κ2) is 6.46. The third-order valence-corrected chi connectivity index (χ3v) is 2.56. The van der Waals surface area contributed by atoms with Crippen LogP contribution in [0.2, 0.25) is 0 Å². The van der Waals surface area contributed by atoms with E-state index in [0.29, 0.717) is 0 Å². The number of nitro groups is 1. The van der Waals surface area contributed by atoms with E-state index >= 15 is 0 Å². The molecule has 8 nitrogen and oxygen atoms in total. The predicted octanol–water partition coefficient (Wildman–Crippen LogP) is 3.21. The maximum atomic E-state index is 12.4. The van der Waals surface area contributed by atoms with Crippen LogP contribution in [0, 0.1) is 10.1 Å². The lowest BCUT2D eigenvalue weighted by Crippen LogP contribution is -2.28. The molecule has 0 saturated heterocycles. The topological polar surface area (TPSA) is 116 Å². The molecule has 0 bridgehead atoms. The Bertz CT molecular complexity index is 681. The molecule has 1 aromatic carbocycles. The molecule has 0 spiro atoms. The van der Waals surface area contributed by atoms with E-state index in [1.165, 1.54) is 0 Å². The van der Waals surface area contributed by atoms with Gasteiger partial charge < -0.3 is 14.6 Å². The van der Waals surface area contributed by atoms with Gasteiger partial charge in [-0.05, 0) is 47.6 Å². The SMILES string of the molecule is CC(C)(C)OC(=O)c1c(O)ccc([N+](=O)[O-])c1C(=O)OC(C)(C)C. The first-order chi connectivity index (χ1) is 10.7. The number of carbonyl (C=O) groups is 2. The van der Waals surface area contributed by atoms with Crippen molar-refractivity contribution in [3.8, 4) is 5.75 Å². The summed E-state index contributed by atoms with van der Waals surface area (Å²) in [6, 6.07) is 1.90. The van der Waals surface area contributed by atoms with Crippen molar-refractivity contribution in [1.82, 2.24) is 0 Å². The van der Waals surface area contributed by atoms with Gasteiger partial charge in [0.25, 0.3) is 5.69 Å². The van der Waals surface area contributed by atoms with Crippen LogP contribution < -0.4 is 0 Å². The van der Waals surface area contributed by atoms with Gasteiger partial charge in [-0.15, -0.1) is 0 Å². The lowest BCUT2D eigenvalue weighted by molar-refractivity contribution is -0.385. The van der Waals surface area contributed by atoms with Crippen molar-refractivity contribution in [2.45, 2.75) is 52.7 Å². The molecule has 0 radical (unpaired) electrons. The molecule has 0 aliphatic carbocycles. The fraction of sp³-hybridized carbons (Fsp3) is 0.500. The summed E-state index contributed by atoms with van der Waals surface area (Å²) in [7, 11) is 0. The smallest absolute Gasteiger partial charge is 0.346 e. The van der Waals surface area contributed by atoms with Crippen molar-refractivity contribution in [2.75, 3.05) is 0 Å². The minimum absolute atomic E-state index is 0.589. The molecule has 1 N–H and O–H groups in total. The highest BCUT2D eigenvalue weighted by atomic mass is 16.6. The Labute approximate surface area is 139 Å². The summed E-state index contributed by atoms with van der Waals surface area (Å²) in [6.07, 6.45) is 0. The monoisotopic (exact) mass is 339 g/mol. The minimum Gasteiger partial charge on any atom is -0.507 e. The second-order valence-corrected chi connectivity index (χ2v) is 7.11. The van der Waals surface area contributed by atoms with Gasteiger partial charge in [0.1, 0.15) is 22.5 Å². The van der Waals surface area contributed by atoms with Crippen LogP contribution in [0.5, 0.6) is 5.75 Å². The molecule has 24 heavy (non-hydrogen) atoms. The van der Waals surface area contributed by atoms with Gasteiger partial charge in [-0.3, -0.25) is 10.1 Å². The summed E-state index contributed by atoms with van der Waals surface area (Å²) in [5.74, 6) is -2.74. The molecule has 0 atom stereocenters. The summed E-state index contributed by atoms with van der Waals surface area (Å²) in [6.45, 7) is 9.50. The van der Waals surface area contributed by atoms with Crippen molar-refractivity contribution in [2.24, 2.45) is 0 Å². The Morgan fingerprint density at radius 3 is 1.75 bits per heavy atom. The standard InChI is InChI=1S/C16H21NO7/c1-15(2,3)23-13(19)11-9(17(21)22)7-8-10(18)12(11)14(20)24-16(4,5)6/h7-8,18H,1-6H3. The van der Waals surface area contributed by atoms with Gasteiger partial charge in [0.15, 0.2) is 5.56 Å². The number of hydrogen-bond acceptors (Lipinski definition) is 7. The largest absolute Gasteiger partial charge is 0.507 e. The summed E-state index contributed by atoms with van der Waals surface area (Å²) >= 11 is 0. The third-order valence-electron chi connectivity index (χ3n) is 2.56. The first-order valence-electron chi connectivity index (χ1n) is 7.20. The van der Waals surface area contributed by atoms with Gasteiger partial charge in [0.2, 0.25) is 0 Å². The molecule has 0 aliphatic heterocycles. The number of nitrogens with zero attached hydrogens (tertiary/aromatic N) is 1. The van der Waals surface area contributed by atoms with Gasteiger partial charge in [0.05, 0.1) is 4.92 Å². The normalized spacial score (nSPS) is 11.8. The fourth-order valence-electron chi connectivity index (χ4n) is 1.80. The number of nitro benzene ring substituents is 1. The van der Waals surface area contributed by atoms with Crippen molar-refractivity contribution in [3.05, 3.63) is 33.4 Å². The van der Waals surface area contributed by atoms with Crippen molar-refractivity contribution >= 4 is 17.6 Å². The van der Waals surface area contributed by atoms with Crippen LogP contribution >= 0.6 is 0 Å². The lowest BCUT2D eigenvalue weighted by Gasteiger charge is -2.22. The lowest BCUT2D eigenvalue weighted by atomic mass is 10.0. The zero-order valence-corrected chi connectivity index (χ0v) is 14.5.